The number of aromatic hydroxyl groups is 1. The minimum absolute atomic E-state index is 0.0941. The summed E-state index contributed by atoms with van der Waals surface area (Å²) in [5.74, 6) is 1.03. The Morgan fingerprint density at radius 2 is 2.23 bits per heavy atom. The third-order valence-corrected chi connectivity index (χ3v) is 4.19. The number of carbonyl (C=O) groups is 1. The number of methoxy groups -OCH3 is 1. The Balaban J connectivity index is 2.35. The van der Waals surface area contributed by atoms with E-state index in [9.17, 15) is 9.90 Å². The minimum Gasteiger partial charge on any atom is -0.507 e. The van der Waals surface area contributed by atoms with Crippen LogP contribution in [0.2, 0.25) is 0 Å². The van der Waals surface area contributed by atoms with E-state index < -0.39 is 0 Å². The van der Waals surface area contributed by atoms with Crippen LogP contribution in [0.15, 0.2) is 65.5 Å². The molecular weight excluding hydrogens is 332 g/mol. The number of hydrogen-bond acceptors (Lipinski definition) is 5. The quantitative estimate of drug-likeness (QED) is 0.434. The first-order chi connectivity index (χ1) is 12.6. The molecule has 5 heteroatoms. The van der Waals surface area contributed by atoms with Gasteiger partial charge < -0.3 is 19.3 Å². The molecule has 0 aliphatic carbocycles. The molecule has 0 bridgehead atoms. The Labute approximate surface area is 153 Å². The molecule has 0 unspecified atom stereocenters. The van der Waals surface area contributed by atoms with Crippen molar-refractivity contribution in [2.24, 2.45) is 0 Å². The summed E-state index contributed by atoms with van der Waals surface area (Å²) in [6, 6.07) is 4.76. The van der Waals surface area contributed by atoms with Gasteiger partial charge in [-0.3, -0.25) is 4.79 Å². The maximum Gasteiger partial charge on any atom is 0.157 e. The molecule has 0 saturated heterocycles. The summed E-state index contributed by atoms with van der Waals surface area (Å²) in [6.07, 6.45) is 6.79. The van der Waals surface area contributed by atoms with E-state index >= 15 is 0 Å². The van der Waals surface area contributed by atoms with E-state index in [4.69, 9.17) is 14.2 Å². The molecule has 1 aromatic rings. The van der Waals surface area contributed by atoms with Crippen molar-refractivity contribution in [1.29, 1.82) is 0 Å². The van der Waals surface area contributed by atoms with Crippen LogP contribution in [0.1, 0.15) is 23.7 Å². The van der Waals surface area contributed by atoms with Crippen LogP contribution < -0.4 is 4.74 Å². The van der Waals surface area contributed by atoms with E-state index in [0.717, 1.165) is 22.5 Å². The van der Waals surface area contributed by atoms with Gasteiger partial charge in [0, 0.05) is 5.57 Å². The van der Waals surface area contributed by atoms with Gasteiger partial charge in [-0.15, -0.1) is 0 Å². The molecule has 0 spiro atoms. The Kier molecular flexibility index (Phi) is 7.24. The predicted octanol–water partition coefficient (Wildman–Crippen LogP) is 3.96. The van der Waals surface area contributed by atoms with Crippen molar-refractivity contribution in [2.75, 3.05) is 26.9 Å². The lowest BCUT2D eigenvalue weighted by atomic mass is 9.95. The second-order valence-electron chi connectivity index (χ2n) is 5.75. The number of phenolic OH excluding ortho intramolecular Hbond substituents is 1. The molecule has 26 heavy (non-hydrogen) atoms. The van der Waals surface area contributed by atoms with Gasteiger partial charge in [-0.05, 0) is 36.6 Å². The van der Waals surface area contributed by atoms with E-state index in [2.05, 4.69) is 6.58 Å². The van der Waals surface area contributed by atoms with Gasteiger partial charge in [0.15, 0.2) is 6.29 Å². The topological polar surface area (TPSA) is 65.0 Å². The van der Waals surface area contributed by atoms with Gasteiger partial charge in [-0.1, -0.05) is 30.9 Å². The second kappa shape index (κ2) is 9.63. The van der Waals surface area contributed by atoms with Crippen LogP contribution in [0, 0.1) is 0 Å². The highest BCUT2D eigenvalue weighted by molar-refractivity contribution is 5.83. The summed E-state index contributed by atoms with van der Waals surface area (Å²) in [4.78, 5) is 11.2. The molecule has 0 radical (unpaired) electrons. The SMILES string of the molecule is C=C/C=C\C(C1=C(COc2cccc(O)c2C=O)CCOC1)=C(/C)OC. The zero-order chi connectivity index (χ0) is 18.9. The van der Waals surface area contributed by atoms with Crippen molar-refractivity contribution in [3.05, 3.63) is 71.0 Å². The fourth-order valence-electron chi connectivity index (χ4n) is 2.70. The van der Waals surface area contributed by atoms with E-state index in [1.165, 1.54) is 6.07 Å². The molecule has 0 aromatic heterocycles. The van der Waals surface area contributed by atoms with Crippen molar-refractivity contribution in [3.63, 3.8) is 0 Å². The largest absolute Gasteiger partial charge is 0.507 e. The van der Waals surface area contributed by atoms with Gasteiger partial charge in [0.2, 0.25) is 0 Å². The van der Waals surface area contributed by atoms with Crippen molar-refractivity contribution in [2.45, 2.75) is 13.3 Å². The molecule has 1 aliphatic rings. The number of aldehydes is 1. The second-order valence-corrected chi connectivity index (χ2v) is 5.75. The van der Waals surface area contributed by atoms with E-state index in [-0.39, 0.29) is 11.3 Å². The highest BCUT2D eigenvalue weighted by Crippen LogP contribution is 2.29. The monoisotopic (exact) mass is 356 g/mol. The van der Waals surface area contributed by atoms with Gasteiger partial charge in [0.05, 0.1) is 31.6 Å². The summed E-state index contributed by atoms with van der Waals surface area (Å²) < 4.78 is 16.9. The zero-order valence-corrected chi connectivity index (χ0v) is 15.2. The van der Waals surface area contributed by atoms with Crippen LogP contribution in [0.25, 0.3) is 0 Å². The lowest BCUT2D eigenvalue weighted by Crippen LogP contribution is -2.18. The lowest BCUT2D eigenvalue weighted by molar-refractivity contribution is 0.111. The molecule has 138 valence electrons. The highest BCUT2D eigenvalue weighted by atomic mass is 16.5. The Bertz CT molecular complexity index is 756. The predicted molar refractivity (Wildman–Crippen MR) is 100 cm³/mol. The van der Waals surface area contributed by atoms with E-state index in [1.807, 2.05) is 19.1 Å². The average Bonchev–Trinajstić information content (AvgIpc) is 2.67. The molecule has 0 amide bonds. The molecule has 1 N–H and O–H groups in total. The van der Waals surface area contributed by atoms with Crippen LogP contribution in [-0.2, 0) is 9.47 Å². The van der Waals surface area contributed by atoms with Gasteiger partial charge in [0.1, 0.15) is 18.1 Å². The van der Waals surface area contributed by atoms with Crippen molar-refractivity contribution in [3.8, 4) is 11.5 Å². The summed E-state index contributed by atoms with van der Waals surface area (Å²) in [6.45, 7) is 6.95. The van der Waals surface area contributed by atoms with E-state index in [1.54, 1.807) is 25.3 Å². The molecule has 1 aromatic carbocycles. The standard InChI is InChI=1S/C21H24O5/c1-4-5-7-17(15(2)24-3)19-14-25-11-10-16(19)13-26-21-9-6-8-20(23)18(21)12-22/h4-9,12,23H,1,10-11,13-14H2,2-3H3/b7-5-,17-15-. The highest BCUT2D eigenvalue weighted by Gasteiger charge is 2.19. The number of rotatable bonds is 8. The van der Waals surface area contributed by atoms with E-state index in [0.29, 0.717) is 38.3 Å². The molecular formula is C21H24O5. The molecule has 1 heterocycles. The summed E-state index contributed by atoms with van der Waals surface area (Å²) in [5, 5.41) is 9.78. The Morgan fingerprint density at radius 1 is 1.42 bits per heavy atom. The Morgan fingerprint density at radius 3 is 2.92 bits per heavy atom. The van der Waals surface area contributed by atoms with Gasteiger partial charge in [-0.25, -0.2) is 0 Å². The molecule has 5 nitrogen and oxygen atoms in total. The average molecular weight is 356 g/mol. The lowest BCUT2D eigenvalue weighted by Gasteiger charge is -2.23. The van der Waals surface area contributed by atoms with Crippen molar-refractivity contribution >= 4 is 6.29 Å². The third kappa shape index (κ3) is 4.64. The summed E-state index contributed by atoms with van der Waals surface area (Å²) in [5.41, 5.74) is 3.15. The number of allylic oxidation sites excluding steroid dienone is 4. The number of carbonyl (C=O) groups excluding carboxylic acids is 1. The first kappa shape index (κ1) is 19.5. The number of phenols is 1. The van der Waals surface area contributed by atoms with Crippen LogP contribution in [0.4, 0.5) is 0 Å². The van der Waals surface area contributed by atoms with Gasteiger partial charge in [-0.2, -0.15) is 0 Å². The normalized spacial score (nSPS) is 15.6. The van der Waals surface area contributed by atoms with Crippen LogP contribution in [0.3, 0.4) is 0 Å². The van der Waals surface area contributed by atoms with Crippen molar-refractivity contribution < 1.29 is 24.1 Å². The minimum atomic E-state index is -0.0941. The number of hydrogen-bond donors (Lipinski definition) is 1. The molecule has 0 saturated carbocycles. The van der Waals surface area contributed by atoms with Crippen molar-refractivity contribution in [1.82, 2.24) is 0 Å². The smallest absolute Gasteiger partial charge is 0.157 e. The van der Waals surface area contributed by atoms with Gasteiger partial charge in [0.25, 0.3) is 0 Å². The van der Waals surface area contributed by atoms with Gasteiger partial charge >= 0.3 is 0 Å². The molecule has 0 atom stereocenters. The van der Waals surface area contributed by atoms with Crippen LogP contribution in [-0.4, -0.2) is 38.3 Å². The zero-order valence-electron chi connectivity index (χ0n) is 15.2. The summed E-state index contributed by atoms with van der Waals surface area (Å²) >= 11 is 0. The third-order valence-electron chi connectivity index (χ3n) is 4.19. The Hall–Kier alpha value is -2.79. The first-order valence-electron chi connectivity index (χ1n) is 8.35. The fraction of sp³-hybridized carbons (Fsp3) is 0.286. The first-order valence-corrected chi connectivity index (χ1v) is 8.35. The number of benzene rings is 1. The van der Waals surface area contributed by atoms with Crippen LogP contribution >= 0.6 is 0 Å². The van der Waals surface area contributed by atoms with Crippen LogP contribution in [0.5, 0.6) is 11.5 Å². The maximum atomic E-state index is 11.2. The molecule has 0 fully saturated rings. The number of ether oxygens (including phenoxy) is 3. The summed E-state index contributed by atoms with van der Waals surface area (Å²) in [7, 11) is 1.63. The molecule has 2 rings (SSSR count). The fourth-order valence-corrected chi connectivity index (χ4v) is 2.70. The maximum absolute atomic E-state index is 11.2. The molecule has 1 aliphatic heterocycles.